The highest BCUT2D eigenvalue weighted by molar-refractivity contribution is 7.99. The average molecular weight is 316 g/mol. The van der Waals surface area contributed by atoms with Gasteiger partial charge in [0.1, 0.15) is 0 Å². The van der Waals surface area contributed by atoms with Crippen LogP contribution in [-0.2, 0) is 4.79 Å². The first-order valence-electron chi connectivity index (χ1n) is 6.56. The molecular formula is C14H22ClN3OS. The van der Waals surface area contributed by atoms with Gasteiger partial charge >= 0.3 is 0 Å². The largest absolute Gasteiger partial charge is 0.399 e. The molecule has 0 bridgehead atoms. The fourth-order valence-corrected chi connectivity index (χ4v) is 2.81. The topological polar surface area (TPSA) is 58.4 Å². The van der Waals surface area contributed by atoms with E-state index < -0.39 is 0 Å². The van der Waals surface area contributed by atoms with Crippen LogP contribution in [0.25, 0.3) is 0 Å². The van der Waals surface area contributed by atoms with Crippen LogP contribution in [0.15, 0.2) is 18.2 Å². The van der Waals surface area contributed by atoms with E-state index in [2.05, 4.69) is 24.3 Å². The molecule has 0 aliphatic carbocycles. The van der Waals surface area contributed by atoms with Gasteiger partial charge in [0.05, 0.1) is 10.7 Å². The van der Waals surface area contributed by atoms with E-state index in [9.17, 15) is 4.79 Å². The highest BCUT2D eigenvalue weighted by Gasteiger charge is 2.06. The Bertz CT molecular complexity index is 440. The minimum atomic E-state index is -0.00937. The van der Waals surface area contributed by atoms with E-state index >= 15 is 0 Å². The van der Waals surface area contributed by atoms with Gasteiger partial charge in [0, 0.05) is 24.4 Å². The second-order valence-electron chi connectivity index (χ2n) is 4.81. The summed E-state index contributed by atoms with van der Waals surface area (Å²) in [5.41, 5.74) is 6.81. The third-order valence-corrected chi connectivity index (χ3v) is 4.00. The molecule has 1 aromatic carbocycles. The summed E-state index contributed by atoms with van der Waals surface area (Å²) in [6.45, 7) is 1.07. The van der Waals surface area contributed by atoms with Gasteiger partial charge in [-0.15, -0.1) is 0 Å². The molecule has 0 aliphatic rings. The Morgan fingerprint density at radius 3 is 2.80 bits per heavy atom. The zero-order valence-electron chi connectivity index (χ0n) is 12.0. The Hall–Kier alpha value is -0.910. The third-order valence-electron chi connectivity index (χ3n) is 2.64. The van der Waals surface area contributed by atoms with E-state index in [4.69, 9.17) is 17.3 Å². The van der Waals surface area contributed by atoms with Crippen LogP contribution < -0.4 is 11.1 Å². The minimum Gasteiger partial charge on any atom is -0.399 e. The molecule has 0 fully saturated rings. The first kappa shape index (κ1) is 17.1. The number of hydrogen-bond donors (Lipinski definition) is 2. The van der Waals surface area contributed by atoms with Crippen LogP contribution in [0.3, 0.4) is 0 Å². The Kier molecular flexibility index (Phi) is 7.80. The van der Waals surface area contributed by atoms with E-state index in [1.54, 1.807) is 18.2 Å². The normalized spacial score (nSPS) is 10.8. The smallest absolute Gasteiger partial charge is 0.224 e. The SMILES string of the molecule is CN(C)CCSCCCC(=O)Nc1ccc(N)cc1Cl. The number of nitrogens with zero attached hydrogens (tertiary/aromatic N) is 1. The molecule has 1 amide bonds. The lowest BCUT2D eigenvalue weighted by atomic mass is 10.2. The molecule has 0 saturated heterocycles. The van der Waals surface area contributed by atoms with E-state index in [0.29, 0.717) is 22.8 Å². The summed E-state index contributed by atoms with van der Waals surface area (Å²) < 4.78 is 0. The molecule has 112 valence electrons. The first-order valence-corrected chi connectivity index (χ1v) is 8.09. The van der Waals surface area contributed by atoms with Gasteiger partial charge in [-0.1, -0.05) is 11.6 Å². The maximum Gasteiger partial charge on any atom is 0.224 e. The van der Waals surface area contributed by atoms with Gasteiger partial charge < -0.3 is 16.0 Å². The maximum atomic E-state index is 11.8. The summed E-state index contributed by atoms with van der Waals surface area (Å²) in [7, 11) is 4.12. The number of halogens is 1. The first-order chi connectivity index (χ1) is 9.49. The summed E-state index contributed by atoms with van der Waals surface area (Å²) in [5, 5.41) is 3.27. The lowest BCUT2D eigenvalue weighted by molar-refractivity contribution is -0.116. The van der Waals surface area contributed by atoms with Crippen molar-refractivity contribution in [1.29, 1.82) is 0 Å². The number of benzene rings is 1. The monoisotopic (exact) mass is 315 g/mol. The molecule has 4 nitrogen and oxygen atoms in total. The van der Waals surface area contributed by atoms with Crippen molar-refractivity contribution in [2.24, 2.45) is 0 Å². The van der Waals surface area contributed by atoms with E-state index in [-0.39, 0.29) is 5.91 Å². The van der Waals surface area contributed by atoms with Crippen molar-refractivity contribution in [3.63, 3.8) is 0 Å². The Morgan fingerprint density at radius 2 is 2.15 bits per heavy atom. The molecule has 1 aromatic rings. The Balaban J connectivity index is 2.20. The summed E-state index contributed by atoms with van der Waals surface area (Å²) in [4.78, 5) is 13.9. The molecule has 1 rings (SSSR count). The van der Waals surface area contributed by atoms with Gasteiger partial charge in [-0.2, -0.15) is 11.8 Å². The van der Waals surface area contributed by atoms with Gasteiger partial charge in [-0.3, -0.25) is 4.79 Å². The quantitative estimate of drug-likeness (QED) is 0.572. The predicted octanol–water partition coefficient (Wildman–Crippen LogP) is 2.94. The van der Waals surface area contributed by atoms with E-state index in [0.717, 1.165) is 24.5 Å². The number of hydrogen-bond acceptors (Lipinski definition) is 4. The van der Waals surface area contributed by atoms with Crippen LogP contribution in [0.4, 0.5) is 11.4 Å². The van der Waals surface area contributed by atoms with Gasteiger partial charge in [0.25, 0.3) is 0 Å². The van der Waals surface area contributed by atoms with Crippen molar-refractivity contribution in [2.75, 3.05) is 43.2 Å². The van der Waals surface area contributed by atoms with E-state index in [1.807, 2.05) is 11.8 Å². The highest BCUT2D eigenvalue weighted by Crippen LogP contribution is 2.24. The number of carbonyl (C=O) groups is 1. The fourth-order valence-electron chi connectivity index (χ4n) is 1.53. The number of nitrogens with two attached hydrogens (primary N) is 1. The number of nitrogens with one attached hydrogen (secondary N) is 1. The zero-order valence-corrected chi connectivity index (χ0v) is 13.6. The highest BCUT2D eigenvalue weighted by atomic mass is 35.5. The summed E-state index contributed by atoms with van der Waals surface area (Å²) in [5.74, 6) is 2.08. The maximum absolute atomic E-state index is 11.8. The molecule has 3 N–H and O–H groups in total. The zero-order chi connectivity index (χ0) is 15.0. The molecular weight excluding hydrogens is 294 g/mol. The van der Waals surface area contributed by atoms with Gasteiger partial charge in [-0.05, 0) is 44.5 Å². The number of thioether (sulfide) groups is 1. The molecule has 0 radical (unpaired) electrons. The Labute approximate surface area is 130 Å². The lowest BCUT2D eigenvalue weighted by Gasteiger charge is -2.09. The molecule has 0 saturated carbocycles. The minimum absolute atomic E-state index is 0.00937. The fraction of sp³-hybridized carbons (Fsp3) is 0.500. The second-order valence-corrected chi connectivity index (χ2v) is 6.44. The number of anilines is 2. The van der Waals surface area contributed by atoms with Crippen LogP contribution in [0.2, 0.25) is 5.02 Å². The average Bonchev–Trinajstić information content (AvgIpc) is 2.36. The van der Waals surface area contributed by atoms with Crippen LogP contribution in [-0.4, -0.2) is 43.0 Å². The second kappa shape index (κ2) is 9.10. The molecule has 6 heteroatoms. The predicted molar refractivity (Wildman–Crippen MR) is 89.6 cm³/mol. The number of carbonyl (C=O) groups excluding carboxylic acids is 1. The molecule has 0 aliphatic heterocycles. The lowest BCUT2D eigenvalue weighted by Crippen LogP contribution is -2.15. The number of rotatable bonds is 8. The van der Waals surface area contributed by atoms with Crippen molar-refractivity contribution >= 4 is 40.6 Å². The van der Waals surface area contributed by atoms with Gasteiger partial charge in [0.15, 0.2) is 0 Å². The summed E-state index contributed by atoms with van der Waals surface area (Å²) >= 11 is 7.87. The van der Waals surface area contributed by atoms with E-state index in [1.165, 1.54) is 0 Å². The summed E-state index contributed by atoms with van der Waals surface area (Å²) in [6.07, 6.45) is 1.38. The van der Waals surface area contributed by atoms with Crippen molar-refractivity contribution in [3.8, 4) is 0 Å². The van der Waals surface area contributed by atoms with Crippen LogP contribution >= 0.6 is 23.4 Å². The molecule has 20 heavy (non-hydrogen) atoms. The summed E-state index contributed by atoms with van der Waals surface area (Å²) in [6, 6.07) is 5.08. The standard InChI is InChI=1S/C14H22ClN3OS/c1-18(2)7-9-20-8-3-4-14(19)17-13-6-5-11(16)10-12(13)15/h5-6,10H,3-4,7-9,16H2,1-2H3,(H,17,19). The molecule has 0 aromatic heterocycles. The molecule has 0 spiro atoms. The van der Waals surface area contributed by atoms with Crippen molar-refractivity contribution in [3.05, 3.63) is 23.2 Å². The molecule has 0 heterocycles. The van der Waals surface area contributed by atoms with Crippen molar-refractivity contribution in [2.45, 2.75) is 12.8 Å². The third kappa shape index (κ3) is 7.03. The van der Waals surface area contributed by atoms with Crippen LogP contribution in [0, 0.1) is 0 Å². The van der Waals surface area contributed by atoms with Gasteiger partial charge in [-0.25, -0.2) is 0 Å². The Morgan fingerprint density at radius 1 is 1.40 bits per heavy atom. The van der Waals surface area contributed by atoms with Crippen molar-refractivity contribution in [1.82, 2.24) is 4.90 Å². The number of amides is 1. The van der Waals surface area contributed by atoms with Crippen LogP contribution in [0.1, 0.15) is 12.8 Å². The van der Waals surface area contributed by atoms with Crippen molar-refractivity contribution < 1.29 is 4.79 Å². The van der Waals surface area contributed by atoms with Gasteiger partial charge in [0.2, 0.25) is 5.91 Å². The molecule has 0 unspecified atom stereocenters. The number of nitrogen functional groups attached to an aromatic ring is 1. The molecule has 0 atom stereocenters. The van der Waals surface area contributed by atoms with Crippen LogP contribution in [0.5, 0.6) is 0 Å².